The number of nitrogens with one attached hydrogen (secondary N) is 1. The van der Waals surface area contributed by atoms with Crippen LogP contribution in [0.4, 0.5) is 0 Å². The highest BCUT2D eigenvalue weighted by atomic mass is 16.5. The normalized spacial score (nSPS) is 18.5. The zero-order valence-electron chi connectivity index (χ0n) is 26.1. The molecule has 0 spiro atoms. The molecule has 0 unspecified atom stereocenters. The number of carbonyl (C=O) groups excluding carboxylic acids is 2. The Bertz CT molecular complexity index is 1170. The number of piperidine rings is 1. The lowest BCUT2D eigenvalue weighted by atomic mass is 9.95. The quantitative estimate of drug-likeness (QED) is 0.299. The van der Waals surface area contributed by atoms with E-state index in [0.29, 0.717) is 48.8 Å². The average Bonchev–Trinajstić information content (AvgIpc) is 3.81. The number of benzene rings is 2. The van der Waals surface area contributed by atoms with Crippen molar-refractivity contribution < 1.29 is 23.8 Å². The monoisotopic (exact) mass is 579 g/mol. The van der Waals surface area contributed by atoms with Crippen LogP contribution in [0, 0.1) is 6.92 Å². The van der Waals surface area contributed by atoms with Crippen LogP contribution in [0.2, 0.25) is 0 Å². The van der Waals surface area contributed by atoms with Gasteiger partial charge in [-0.1, -0.05) is 29.8 Å². The molecule has 2 aromatic carbocycles. The first-order chi connectivity index (χ1) is 20.3. The minimum absolute atomic E-state index is 0.00120. The summed E-state index contributed by atoms with van der Waals surface area (Å²) < 4.78 is 16.5. The summed E-state index contributed by atoms with van der Waals surface area (Å²) in [6, 6.07) is 14.6. The van der Waals surface area contributed by atoms with E-state index in [-0.39, 0.29) is 23.9 Å². The van der Waals surface area contributed by atoms with Crippen molar-refractivity contribution >= 4 is 11.8 Å². The van der Waals surface area contributed by atoms with Crippen LogP contribution in [0.5, 0.6) is 11.5 Å². The molecule has 1 saturated carbocycles. The van der Waals surface area contributed by atoms with E-state index >= 15 is 0 Å². The summed E-state index contributed by atoms with van der Waals surface area (Å²) in [5.74, 6) is 1.42. The molecule has 1 aliphatic carbocycles. The lowest BCUT2D eigenvalue weighted by Crippen LogP contribution is -2.54. The molecule has 1 heterocycles. The molecule has 0 bridgehead atoms. The van der Waals surface area contributed by atoms with E-state index in [9.17, 15) is 9.59 Å². The highest BCUT2D eigenvalue weighted by Gasteiger charge is 2.34. The first-order valence-corrected chi connectivity index (χ1v) is 15.5. The molecule has 1 N–H and O–H groups in total. The first kappa shape index (κ1) is 31.8. The van der Waals surface area contributed by atoms with Gasteiger partial charge in [0.1, 0.15) is 0 Å². The minimum atomic E-state index is 0.00120. The van der Waals surface area contributed by atoms with Gasteiger partial charge in [0.2, 0.25) is 5.91 Å². The second-order valence-corrected chi connectivity index (χ2v) is 12.0. The third-order valence-corrected chi connectivity index (χ3v) is 8.30. The van der Waals surface area contributed by atoms with Crippen LogP contribution >= 0.6 is 0 Å². The third kappa shape index (κ3) is 8.71. The largest absolute Gasteiger partial charge is 0.493 e. The maximum atomic E-state index is 13.8. The highest BCUT2D eigenvalue weighted by molar-refractivity contribution is 5.95. The van der Waals surface area contributed by atoms with Crippen LogP contribution in [0.15, 0.2) is 42.5 Å². The van der Waals surface area contributed by atoms with Crippen molar-refractivity contribution in [2.45, 2.75) is 89.9 Å². The molecular formula is C34H49N3O5. The van der Waals surface area contributed by atoms with E-state index in [4.69, 9.17) is 14.2 Å². The molecule has 8 nitrogen and oxygen atoms in total. The summed E-state index contributed by atoms with van der Waals surface area (Å²) in [5, 5.41) is 3.70. The zero-order chi connectivity index (χ0) is 30.1. The van der Waals surface area contributed by atoms with E-state index < -0.39 is 0 Å². The summed E-state index contributed by atoms with van der Waals surface area (Å²) in [5.41, 5.74) is 2.87. The van der Waals surface area contributed by atoms with Gasteiger partial charge >= 0.3 is 0 Å². The molecular weight excluding hydrogens is 530 g/mol. The molecule has 2 amide bonds. The Morgan fingerprint density at radius 2 is 1.76 bits per heavy atom. The van der Waals surface area contributed by atoms with E-state index in [1.807, 2.05) is 23.1 Å². The predicted molar refractivity (Wildman–Crippen MR) is 165 cm³/mol. The number of rotatable bonds is 15. The molecule has 42 heavy (non-hydrogen) atoms. The number of hydrogen-bond acceptors (Lipinski definition) is 6. The van der Waals surface area contributed by atoms with Crippen molar-refractivity contribution in [3.05, 3.63) is 59.2 Å². The number of methoxy groups -OCH3 is 2. The van der Waals surface area contributed by atoms with Gasteiger partial charge in [0, 0.05) is 63.0 Å². The van der Waals surface area contributed by atoms with E-state index in [0.717, 1.165) is 57.2 Å². The topological polar surface area (TPSA) is 80.3 Å². The molecule has 0 aromatic heterocycles. The lowest BCUT2D eigenvalue weighted by Gasteiger charge is -2.40. The van der Waals surface area contributed by atoms with Gasteiger partial charge in [-0.3, -0.25) is 9.59 Å². The van der Waals surface area contributed by atoms with Gasteiger partial charge in [-0.2, -0.15) is 0 Å². The summed E-state index contributed by atoms with van der Waals surface area (Å²) in [7, 11) is 3.27. The first-order valence-electron chi connectivity index (χ1n) is 15.5. The zero-order valence-corrected chi connectivity index (χ0v) is 26.1. The van der Waals surface area contributed by atoms with Crippen LogP contribution in [0.1, 0.15) is 73.9 Å². The van der Waals surface area contributed by atoms with Crippen LogP contribution in [-0.4, -0.2) is 86.3 Å². The van der Waals surface area contributed by atoms with E-state index in [2.05, 4.69) is 43.1 Å². The van der Waals surface area contributed by atoms with E-state index in [1.165, 1.54) is 5.56 Å². The van der Waals surface area contributed by atoms with Crippen LogP contribution in [-0.2, 0) is 16.0 Å². The Kier molecular flexibility index (Phi) is 11.7. The Morgan fingerprint density at radius 1 is 0.976 bits per heavy atom. The van der Waals surface area contributed by atoms with Crippen molar-refractivity contribution in [3.63, 3.8) is 0 Å². The predicted octanol–water partition coefficient (Wildman–Crippen LogP) is 5.01. The standard InChI is InChI=1S/C34H49N3O5/c1-24(2)37(34(39)27-10-15-31(41-5)32(22-27)42-19-7-18-40-4)30-12-11-28(35-23-30)16-17-36(29-13-14-29)33(38)21-26-9-6-8-25(3)20-26/h6,8-10,15,20,22,24,28-30,35H,7,11-14,16-19,21,23H2,1-5H3/t28-,30-/m1/s1. The van der Waals surface area contributed by atoms with Crippen molar-refractivity contribution in [2.75, 3.05) is 40.5 Å². The number of amides is 2. The van der Waals surface area contributed by atoms with Gasteiger partial charge < -0.3 is 29.3 Å². The van der Waals surface area contributed by atoms with Crippen LogP contribution in [0.25, 0.3) is 0 Å². The molecule has 8 heteroatoms. The van der Waals surface area contributed by atoms with Crippen LogP contribution in [0.3, 0.4) is 0 Å². The van der Waals surface area contributed by atoms with Crippen molar-refractivity contribution in [1.82, 2.24) is 15.1 Å². The molecule has 2 atom stereocenters. The summed E-state index contributed by atoms with van der Waals surface area (Å²) in [6.45, 7) is 8.83. The van der Waals surface area contributed by atoms with Crippen molar-refractivity contribution in [2.24, 2.45) is 0 Å². The summed E-state index contributed by atoms with van der Waals surface area (Å²) in [6.07, 6.45) is 6.27. The average molecular weight is 580 g/mol. The van der Waals surface area contributed by atoms with Gasteiger partial charge in [-0.05, 0) is 76.6 Å². The number of ether oxygens (including phenoxy) is 3. The summed E-state index contributed by atoms with van der Waals surface area (Å²) >= 11 is 0. The molecule has 2 aliphatic rings. The maximum Gasteiger partial charge on any atom is 0.254 e. The molecule has 4 rings (SSSR count). The SMILES string of the molecule is COCCCOc1cc(C(=O)N(C(C)C)[C@@H]2CC[C@H](CCN(C(=O)Cc3cccc(C)c3)C3CC3)NC2)ccc1OC. The molecule has 0 radical (unpaired) electrons. The molecule has 230 valence electrons. The van der Waals surface area contributed by atoms with Gasteiger partial charge in [0.15, 0.2) is 11.5 Å². The smallest absolute Gasteiger partial charge is 0.254 e. The molecule has 2 aromatic rings. The van der Waals surface area contributed by atoms with Gasteiger partial charge in [0.25, 0.3) is 5.91 Å². The second-order valence-electron chi connectivity index (χ2n) is 12.0. The lowest BCUT2D eigenvalue weighted by molar-refractivity contribution is -0.131. The number of hydrogen-bond donors (Lipinski definition) is 1. The van der Waals surface area contributed by atoms with E-state index in [1.54, 1.807) is 26.4 Å². The molecule has 1 saturated heterocycles. The van der Waals surface area contributed by atoms with Crippen LogP contribution < -0.4 is 14.8 Å². The fourth-order valence-corrected chi connectivity index (χ4v) is 5.95. The molecule has 2 fully saturated rings. The maximum absolute atomic E-state index is 13.8. The van der Waals surface area contributed by atoms with Gasteiger partial charge in [0.05, 0.1) is 20.1 Å². The Balaban J connectivity index is 1.32. The fourth-order valence-electron chi connectivity index (χ4n) is 5.95. The Labute approximate surface area is 251 Å². The van der Waals surface area contributed by atoms with Gasteiger partial charge in [-0.15, -0.1) is 0 Å². The Morgan fingerprint density at radius 3 is 2.40 bits per heavy atom. The summed E-state index contributed by atoms with van der Waals surface area (Å²) in [4.78, 5) is 31.1. The number of carbonyl (C=O) groups is 2. The highest BCUT2D eigenvalue weighted by Crippen LogP contribution is 2.31. The number of nitrogens with zero attached hydrogens (tertiary/aromatic N) is 2. The fraction of sp³-hybridized carbons (Fsp3) is 0.588. The van der Waals surface area contributed by atoms with Crippen molar-refractivity contribution in [1.29, 1.82) is 0 Å². The minimum Gasteiger partial charge on any atom is -0.493 e. The third-order valence-electron chi connectivity index (χ3n) is 8.30. The van der Waals surface area contributed by atoms with Gasteiger partial charge in [-0.25, -0.2) is 0 Å². The molecule has 1 aliphatic heterocycles. The Hall–Kier alpha value is -3.10. The van der Waals surface area contributed by atoms with Crippen molar-refractivity contribution in [3.8, 4) is 11.5 Å². The second kappa shape index (κ2) is 15.4. The number of aryl methyl sites for hydroxylation is 1.